The highest BCUT2D eigenvalue weighted by atomic mass is 16.5. The highest BCUT2D eigenvalue weighted by molar-refractivity contribution is 5.78. The zero-order chi connectivity index (χ0) is 20.6. The fourth-order valence-electron chi connectivity index (χ4n) is 3.46. The summed E-state index contributed by atoms with van der Waals surface area (Å²) in [5.41, 5.74) is 2.37. The number of rotatable bonds is 9. The molecule has 0 radical (unpaired) electrons. The van der Waals surface area contributed by atoms with E-state index in [1.54, 1.807) is 4.90 Å². The van der Waals surface area contributed by atoms with Crippen molar-refractivity contribution in [2.24, 2.45) is 0 Å². The normalized spacial score (nSPS) is 16.3. The Morgan fingerprint density at radius 1 is 1.07 bits per heavy atom. The van der Waals surface area contributed by atoms with E-state index in [1.165, 1.54) is 5.56 Å². The molecule has 2 aromatic carbocycles. The number of likely N-dealkylation sites (N-methyl/N-ethyl adjacent to an activating group) is 2. The summed E-state index contributed by atoms with van der Waals surface area (Å²) in [5, 5.41) is 10.3. The predicted molar refractivity (Wildman–Crippen MR) is 114 cm³/mol. The SMILES string of the molecule is CN(Cc1ccccc1)C[C@@H](O)COc1ccc(CN2CCN(C)C(=O)C2)cc1. The molecular weight excluding hydrogens is 366 g/mol. The lowest BCUT2D eigenvalue weighted by atomic mass is 10.2. The van der Waals surface area contributed by atoms with Crippen molar-refractivity contribution in [3.05, 3.63) is 65.7 Å². The molecule has 1 heterocycles. The van der Waals surface area contributed by atoms with Gasteiger partial charge in [0.1, 0.15) is 18.5 Å². The first-order valence-electron chi connectivity index (χ1n) is 10.1. The number of ether oxygens (including phenoxy) is 1. The molecular formula is C23H31N3O3. The number of carbonyl (C=O) groups excluding carboxylic acids is 1. The molecule has 6 heteroatoms. The van der Waals surface area contributed by atoms with Crippen molar-refractivity contribution in [1.82, 2.24) is 14.7 Å². The van der Waals surface area contributed by atoms with E-state index >= 15 is 0 Å². The van der Waals surface area contributed by atoms with Crippen LogP contribution in [-0.4, -0.2) is 78.7 Å². The third-order valence-electron chi connectivity index (χ3n) is 5.13. The van der Waals surface area contributed by atoms with Gasteiger partial charge in [0.05, 0.1) is 6.54 Å². The smallest absolute Gasteiger partial charge is 0.236 e. The van der Waals surface area contributed by atoms with Crippen LogP contribution in [0.5, 0.6) is 5.75 Å². The summed E-state index contributed by atoms with van der Waals surface area (Å²) < 4.78 is 5.74. The molecule has 0 spiro atoms. The molecule has 1 saturated heterocycles. The molecule has 1 fully saturated rings. The minimum Gasteiger partial charge on any atom is -0.491 e. The third kappa shape index (κ3) is 6.85. The van der Waals surface area contributed by atoms with Crippen molar-refractivity contribution in [1.29, 1.82) is 0 Å². The Balaban J connectivity index is 1.39. The Morgan fingerprint density at radius 2 is 1.79 bits per heavy atom. The van der Waals surface area contributed by atoms with Gasteiger partial charge in [-0.05, 0) is 30.3 Å². The van der Waals surface area contributed by atoms with Gasteiger partial charge in [-0.25, -0.2) is 0 Å². The minimum absolute atomic E-state index is 0.169. The van der Waals surface area contributed by atoms with Gasteiger partial charge >= 0.3 is 0 Å². The molecule has 0 bridgehead atoms. The molecule has 3 rings (SSSR count). The number of hydrogen-bond donors (Lipinski definition) is 1. The van der Waals surface area contributed by atoms with E-state index in [0.717, 1.165) is 37.5 Å². The van der Waals surface area contributed by atoms with Gasteiger partial charge in [-0.15, -0.1) is 0 Å². The highest BCUT2D eigenvalue weighted by Gasteiger charge is 2.20. The van der Waals surface area contributed by atoms with Gasteiger partial charge in [-0.2, -0.15) is 0 Å². The van der Waals surface area contributed by atoms with Crippen molar-refractivity contribution < 1.29 is 14.6 Å². The van der Waals surface area contributed by atoms with E-state index in [-0.39, 0.29) is 12.5 Å². The molecule has 0 aliphatic carbocycles. The molecule has 6 nitrogen and oxygen atoms in total. The highest BCUT2D eigenvalue weighted by Crippen LogP contribution is 2.15. The van der Waals surface area contributed by atoms with Crippen molar-refractivity contribution in [2.75, 3.05) is 46.9 Å². The second kappa shape index (κ2) is 10.4. The van der Waals surface area contributed by atoms with Gasteiger partial charge in [-0.3, -0.25) is 14.6 Å². The molecule has 1 amide bonds. The first-order chi connectivity index (χ1) is 14.0. The van der Waals surface area contributed by atoms with Crippen LogP contribution >= 0.6 is 0 Å². The van der Waals surface area contributed by atoms with Crippen LogP contribution in [0.1, 0.15) is 11.1 Å². The Kier molecular flexibility index (Phi) is 7.63. The Morgan fingerprint density at radius 3 is 2.48 bits per heavy atom. The zero-order valence-electron chi connectivity index (χ0n) is 17.3. The van der Waals surface area contributed by atoms with Crippen LogP contribution in [0.2, 0.25) is 0 Å². The van der Waals surface area contributed by atoms with Gasteiger partial charge in [0.2, 0.25) is 5.91 Å². The maximum Gasteiger partial charge on any atom is 0.236 e. The summed E-state index contributed by atoms with van der Waals surface area (Å²) in [5.74, 6) is 0.912. The minimum atomic E-state index is -0.556. The summed E-state index contributed by atoms with van der Waals surface area (Å²) in [6, 6.07) is 18.1. The first kappa shape index (κ1) is 21.3. The van der Waals surface area contributed by atoms with Crippen LogP contribution in [0.3, 0.4) is 0 Å². The van der Waals surface area contributed by atoms with Crippen LogP contribution in [0, 0.1) is 0 Å². The van der Waals surface area contributed by atoms with Gasteiger partial charge in [-0.1, -0.05) is 42.5 Å². The lowest BCUT2D eigenvalue weighted by Gasteiger charge is -2.31. The molecule has 1 aliphatic heterocycles. The van der Waals surface area contributed by atoms with Gasteiger partial charge in [0.15, 0.2) is 0 Å². The molecule has 0 aromatic heterocycles. The number of carbonyl (C=O) groups is 1. The second-order valence-electron chi connectivity index (χ2n) is 7.82. The average molecular weight is 398 g/mol. The number of amides is 1. The number of benzene rings is 2. The molecule has 1 atom stereocenters. The van der Waals surface area contributed by atoms with E-state index in [1.807, 2.05) is 56.6 Å². The standard InChI is InChI=1S/C23H31N3O3/c1-24(14-19-6-4-3-5-7-19)16-21(27)18-29-22-10-8-20(9-11-22)15-26-13-12-25(2)23(28)17-26/h3-11,21,27H,12-18H2,1-2H3/t21-/m1/s1. The molecule has 0 unspecified atom stereocenters. The van der Waals surface area contributed by atoms with Crippen molar-refractivity contribution in [3.63, 3.8) is 0 Å². The third-order valence-corrected chi connectivity index (χ3v) is 5.13. The Bertz CT molecular complexity index is 767. The summed E-state index contributed by atoms with van der Waals surface area (Å²) >= 11 is 0. The number of nitrogens with zero attached hydrogens (tertiary/aromatic N) is 3. The van der Waals surface area contributed by atoms with Crippen LogP contribution in [0.15, 0.2) is 54.6 Å². The van der Waals surface area contributed by atoms with Crippen LogP contribution in [0.4, 0.5) is 0 Å². The predicted octanol–water partition coefficient (Wildman–Crippen LogP) is 1.83. The molecule has 1 aliphatic rings. The Hall–Kier alpha value is -2.41. The average Bonchev–Trinajstić information content (AvgIpc) is 2.71. The van der Waals surface area contributed by atoms with E-state index in [9.17, 15) is 9.90 Å². The Labute approximate surface area is 173 Å². The van der Waals surface area contributed by atoms with E-state index in [4.69, 9.17) is 4.74 Å². The monoisotopic (exact) mass is 397 g/mol. The van der Waals surface area contributed by atoms with Crippen LogP contribution in [-0.2, 0) is 17.9 Å². The number of aliphatic hydroxyl groups excluding tert-OH is 1. The number of hydrogen-bond acceptors (Lipinski definition) is 5. The number of aliphatic hydroxyl groups is 1. The summed E-state index contributed by atoms with van der Waals surface area (Å²) in [6.45, 7) is 4.49. The van der Waals surface area contributed by atoms with Gasteiger partial charge in [0.25, 0.3) is 0 Å². The summed E-state index contributed by atoms with van der Waals surface area (Å²) in [7, 11) is 3.84. The van der Waals surface area contributed by atoms with Crippen LogP contribution in [0.25, 0.3) is 0 Å². The lowest BCUT2D eigenvalue weighted by molar-refractivity contribution is -0.134. The van der Waals surface area contributed by atoms with Gasteiger partial charge in [0, 0.05) is 39.8 Å². The fourth-order valence-corrected chi connectivity index (χ4v) is 3.46. The van der Waals surface area contributed by atoms with Gasteiger partial charge < -0.3 is 14.7 Å². The van der Waals surface area contributed by atoms with Crippen molar-refractivity contribution in [2.45, 2.75) is 19.2 Å². The van der Waals surface area contributed by atoms with E-state index in [2.05, 4.69) is 21.9 Å². The summed E-state index contributed by atoms with van der Waals surface area (Å²) in [4.78, 5) is 17.8. The zero-order valence-corrected chi connectivity index (χ0v) is 17.3. The van der Waals surface area contributed by atoms with Crippen LogP contribution < -0.4 is 4.74 Å². The molecule has 1 N–H and O–H groups in total. The first-order valence-corrected chi connectivity index (χ1v) is 10.1. The second-order valence-corrected chi connectivity index (χ2v) is 7.82. The molecule has 29 heavy (non-hydrogen) atoms. The summed E-state index contributed by atoms with van der Waals surface area (Å²) in [6.07, 6.45) is -0.556. The van der Waals surface area contributed by atoms with Crippen molar-refractivity contribution in [3.8, 4) is 5.75 Å². The topological polar surface area (TPSA) is 56.3 Å². The molecule has 156 valence electrons. The maximum absolute atomic E-state index is 11.8. The largest absolute Gasteiger partial charge is 0.491 e. The lowest BCUT2D eigenvalue weighted by Crippen LogP contribution is -2.47. The quantitative estimate of drug-likeness (QED) is 0.700. The number of piperazine rings is 1. The van der Waals surface area contributed by atoms with E-state index < -0.39 is 6.10 Å². The fraction of sp³-hybridized carbons (Fsp3) is 0.435. The molecule has 0 saturated carbocycles. The van der Waals surface area contributed by atoms with Crippen molar-refractivity contribution >= 4 is 5.91 Å². The maximum atomic E-state index is 11.8. The van der Waals surface area contributed by atoms with E-state index in [0.29, 0.717) is 13.1 Å². The molecule has 2 aromatic rings.